The normalized spacial score (nSPS) is 19.0. The summed E-state index contributed by atoms with van der Waals surface area (Å²) in [5.41, 5.74) is 1.72. The Labute approximate surface area is 319 Å². The first kappa shape index (κ1) is 37.2. The Balaban J connectivity index is 0.950. The molecule has 0 aliphatic carbocycles. The molecule has 4 atom stereocenters. The number of nitrogens with one attached hydrogen (secondary N) is 3. The highest BCUT2D eigenvalue weighted by molar-refractivity contribution is 6.00. The summed E-state index contributed by atoms with van der Waals surface area (Å²) < 4.78 is 0. The second-order valence-corrected chi connectivity index (χ2v) is 14.5. The number of nitrogens with zero attached hydrogens (tertiary/aromatic N) is 3. The molecule has 5 N–H and O–H groups in total. The standard InChI is InChI=1S/C43H44N6O6/c1-42(54,30-11-5-3-6-12-30)40(52)48-25-9-15-36(48)38(50)44-32-21-17-28(18-22-32)34-27-35(47-46-34)29-19-23-33(24-20-29)45-39(51)37-16-10-26-49(37)41(53)43(2,55)31-13-7-4-8-14-31/h3-8,11-14,17-24,27,36-37,54-55H,9-10,15-16,25-26H2,1-2H3,(H,44,50)(H,45,51)(H,46,47)/t36?,37?,42-,43-/m0/s1. The van der Waals surface area contributed by atoms with E-state index in [0.29, 0.717) is 67.0 Å². The van der Waals surface area contributed by atoms with Gasteiger partial charge in [-0.15, -0.1) is 0 Å². The lowest BCUT2D eigenvalue weighted by atomic mass is 9.94. The fourth-order valence-corrected chi connectivity index (χ4v) is 7.42. The quantitative estimate of drug-likeness (QED) is 0.128. The van der Waals surface area contributed by atoms with Crippen LogP contribution in [0, 0.1) is 0 Å². The Bertz CT molecular complexity index is 2010. The van der Waals surface area contributed by atoms with E-state index in [1.165, 1.54) is 23.6 Å². The number of amides is 4. The highest BCUT2D eigenvalue weighted by atomic mass is 16.3. The molecule has 0 bridgehead atoms. The van der Waals surface area contributed by atoms with Gasteiger partial charge in [0.25, 0.3) is 11.8 Å². The first-order chi connectivity index (χ1) is 26.4. The molecular formula is C43H44N6O6. The highest BCUT2D eigenvalue weighted by Gasteiger charge is 2.44. The Morgan fingerprint density at radius 3 is 1.49 bits per heavy atom. The van der Waals surface area contributed by atoms with Gasteiger partial charge in [-0.2, -0.15) is 5.10 Å². The highest BCUT2D eigenvalue weighted by Crippen LogP contribution is 2.31. The van der Waals surface area contributed by atoms with Crippen molar-refractivity contribution in [2.45, 2.75) is 62.8 Å². The molecule has 55 heavy (non-hydrogen) atoms. The van der Waals surface area contributed by atoms with Crippen LogP contribution in [-0.4, -0.2) is 79.0 Å². The lowest BCUT2D eigenvalue weighted by Gasteiger charge is -2.31. The minimum absolute atomic E-state index is 0.309. The molecule has 2 unspecified atom stereocenters. The van der Waals surface area contributed by atoms with Gasteiger partial charge in [-0.3, -0.25) is 24.3 Å². The van der Waals surface area contributed by atoms with Crippen LogP contribution in [0.4, 0.5) is 11.4 Å². The van der Waals surface area contributed by atoms with E-state index in [9.17, 15) is 29.4 Å². The molecule has 0 spiro atoms. The molecule has 5 aromatic rings. The van der Waals surface area contributed by atoms with E-state index in [-0.39, 0.29) is 11.8 Å². The maximum Gasteiger partial charge on any atom is 0.259 e. The van der Waals surface area contributed by atoms with Crippen molar-refractivity contribution in [3.05, 3.63) is 126 Å². The maximum atomic E-state index is 13.4. The Morgan fingerprint density at radius 1 is 0.636 bits per heavy atom. The predicted octanol–water partition coefficient (Wildman–Crippen LogP) is 5.42. The number of aliphatic hydroxyl groups is 2. The molecule has 0 saturated carbocycles. The summed E-state index contributed by atoms with van der Waals surface area (Å²) >= 11 is 0. The number of carbonyl (C=O) groups is 4. The molecular weight excluding hydrogens is 697 g/mol. The van der Waals surface area contributed by atoms with Crippen LogP contribution in [0.1, 0.15) is 50.7 Å². The van der Waals surface area contributed by atoms with Crippen LogP contribution in [0.5, 0.6) is 0 Å². The number of H-pyrrole nitrogens is 1. The molecule has 2 fully saturated rings. The fraction of sp³-hybridized carbons (Fsp3) is 0.279. The van der Waals surface area contributed by atoms with Crippen molar-refractivity contribution in [3.63, 3.8) is 0 Å². The number of aromatic amines is 1. The van der Waals surface area contributed by atoms with E-state index in [0.717, 1.165) is 16.8 Å². The number of anilines is 2. The third kappa shape index (κ3) is 7.64. The zero-order valence-electron chi connectivity index (χ0n) is 30.7. The van der Waals surface area contributed by atoms with E-state index in [2.05, 4.69) is 20.8 Å². The molecule has 4 aromatic carbocycles. The van der Waals surface area contributed by atoms with Crippen molar-refractivity contribution in [2.24, 2.45) is 0 Å². The van der Waals surface area contributed by atoms with Crippen LogP contribution < -0.4 is 10.6 Å². The first-order valence-electron chi connectivity index (χ1n) is 18.5. The van der Waals surface area contributed by atoms with Crippen LogP contribution in [0.25, 0.3) is 22.5 Å². The van der Waals surface area contributed by atoms with E-state index in [1.54, 1.807) is 72.8 Å². The first-order valence-corrected chi connectivity index (χ1v) is 18.5. The number of aromatic nitrogens is 2. The van der Waals surface area contributed by atoms with Gasteiger partial charge in [0.15, 0.2) is 11.2 Å². The summed E-state index contributed by atoms with van der Waals surface area (Å²) in [5.74, 6) is -1.62. The molecule has 12 heteroatoms. The van der Waals surface area contributed by atoms with E-state index < -0.39 is 35.1 Å². The zero-order chi connectivity index (χ0) is 38.7. The third-order valence-electron chi connectivity index (χ3n) is 10.6. The zero-order valence-corrected chi connectivity index (χ0v) is 30.7. The topological polar surface area (TPSA) is 168 Å². The van der Waals surface area contributed by atoms with Crippen LogP contribution in [0.3, 0.4) is 0 Å². The van der Waals surface area contributed by atoms with Gasteiger partial charge in [-0.25, -0.2) is 0 Å². The van der Waals surface area contributed by atoms with Crippen molar-refractivity contribution < 1.29 is 29.4 Å². The van der Waals surface area contributed by atoms with Gasteiger partial charge >= 0.3 is 0 Å². The summed E-state index contributed by atoms with van der Waals surface area (Å²) in [7, 11) is 0. The molecule has 0 radical (unpaired) electrons. The summed E-state index contributed by atoms with van der Waals surface area (Å²) in [4.78, 5) is 56.4. The maximum absolute atomic E-state index is 13.4. The second kappa shape index (κ2) is 15.3. The number of rotatable bonds is 10. The van der Waals surface area contributed by atoms with Gasteiger partial charge in [0.1, 0.15) is 12.1 Å². The lowest BCUT2D eigenvalue weighted by Crippen LogP contribution is -2.50. The van der Waals surface area contributed by atoms with E-state index >= 15 is 0 Å². The van der Waals surface area contributed by atoms with Gasteiger partial charge in [0, 0.05) is 30.0 Å². The average Bonchev–Trinajstić information content (AvgIpc) is 4.01. The van der Waals surface area contributed by atoms with Gasteiger partial charge in [0.05, 0.1) is 11.4 Å². The molecule has 2 aliphatic heterocycles. The molecule has 3 heterocycles. The Kier molecular flexibility index (Phi) is 10.4. The van der Waals surface area contributed by atoms with Gasteiger partial charge in [-0.05, 0) is 86.6 Å². The van der Waals surface area contributed by atoms with Crippen molar-refractivity contribution in [1.29, 1.82) is 0 Å². The summed E-state index contributed by atoms with van der Waals surface area (Å²) in [6.07, 6.45) is 2.33. The number of benzene rings is 4. The average molecular weight is 741 g/mol. The van der Waals surface area contributed by atoms with Crippen LogP contribution in [0.2, 0.25) is 0 Å². The van der Waals surface area contributed by atoms with E-state index in [4.69, 9.17) is 0 Å². The minimum atomic E-state index is -1.75. The Hall–Kier alpha value is -6.11. The molecule has 1 aromatic heterocycles. The van der Waals surface area contributed by atoms with Crippen LogP contribution in [-0.2, 0) is 30.4 Å². The lowest BCUT2D eigenvalue weighted by molar-refractivity contribution is -0.153. The number of hydrogen-bond donors (Lipinski definition) is 5. The largest absolute Gasteiger partial charge is 0.376 e. The monoisotopic (exact) mass is 740 g/mol. The summed E-state index contributed by atoms with van der Waals surface area (Å²) in [6, 6.07) is 32.5. The number of likely N-dealkylation sites (tertiary alicyclic amines) is 2. The van der Waals surface area contributed by atoms with Crippen molar-refractivity contribution in [2.75, 3.05) is 23.7 Å². The summed E-state index contributed by atoms with van der Waals surface area (Å²) in [5, 5.41) is 35.6. The van der Waals surface area contributed by atoms with Gasteiger partial charge in [-0.1, -0.05) is 84.9 Å². The van der Waals surface area contributed by atoms with Gasteiger partial charge in [0.2, 0.25) is 11.8 Å². The Morgan fingerprint density at radius 2 is 1.05 bits per heavy atom. The van der Waals surface area contributed by atoms with Crippen molar-refractivity contribution in [3.8, 4) is 22.5 Å². The summed E-state index contributed by atoms with van der Waals surface area (Å²) in [6.45, 7) is 3.70. The number of carbonyl (C=O) groups excluding carboxylic acids is 4. The van der Waals surface area contributed by atoms with Crippen LogP contribution in [0.15, 0.2) is 115 Å². The molecule has 2 aliphatic rings. The third-order valence-corrected chi connectivity index (χ3v) is 10.6. The minimum Gasteiger partial charge on any atom is -0.376 e. The molecule has 282 valence electrons. The van der Waals surface area contributed by atoms with Crippen LogP contribution >= 0.6 is 0 Å². The van der Waals surface area contributed by atoms with Crippen molar-refractivity contribution >= 4 is 35.0 Å². The predicted molar refractivity (Wildman–Crippen MR) is 208 cm³/mol. The second-order valence-electron chi connectivity index (χ2n) is 14.5. The smallest absolute Gasteiger partial charge is 0.259 e. The molecule has 7 rings (SSSR count). The van der Waals surface area contributed by atoms with Gasteiger partial charge < -0.3 is 30.6 Å². The van der Waals surface area contributed by atoms with Crippen molar-refractivity contribution in [1.82, 2.24) is 20.0 Å². The molecule has 12 nitrogen and oxygen atoms in total. The fourth-order valence-electron chi connectivity index (χ4n) is 7.42. The number of hydrogen-bond acceptors (Lipinski definition) is 7. The molecule has 4 amide bonds. The van der Waals surface area contributed by atoms with E-state index in [1.807, 2.05) is 42.5 Å². The molecule has 2 saturated heterocycles. The SMILES string of the molecule is C[C@@](O)(C(=O)N1CCCC1C(=O)Nc1ccc(-c2cc(-c3ccc(NC(=O)C4CCCN4C(=O)[C@@](C)(O)c4ccccc4)cc3)[nH]n2)cc1)c1ccccc1.